The largest absolute Gasteiger partial charge is 0.497 e. The average molecular weight is 566 g/mol. The molecule has 0 spiro atoms. The van der Waals surface area contributed by atoms with Crippen LogP contribution in [-0.4, -0.2) is 79.6 Å². The Hall–Kier alpha value is -3.73. The summed E-state index contributed by atoms with van der Waals surface area (Å²) in [4.78, 5) is 19.8. The molecular weight excluding hydrogens is 530 g/mol. The van der Waals surface area contributed by atoms with Crippen LogP contribution in [0.2, 0.25) is 0 Å². The van der Waals surface area contributed by atoms with Gasteiger partial charge in [0.2, 0.25) is 15.9 Å². The van der Waals surface area contributed by atoms with Gasteiger partial charge in [0.1, 0.15) is 17.4 Å². The van der Waals surface area contributed by atoms with E-state index >= 15 is 0 Å². The third-order valence-electron chi connectivity index (χ3n) is 7.01. The van der Waals surface area contributed by atoms with Crippen molar-refractivity contribution in [3.63, 3.8) is 0 Å². The minimum absolute atomic E-state index is 0.0296. The summed E-state index contributed by atoms with van der Waals surface area (Å²) in [6.07, 6.45) is 4.79. The van der Waals surface area contributed by atoms with Crippen molar-refractivity contribution < 1.29 is 27.8 Å². The van der Waals surface area contributed by atoms with Crippen LogP contribution >= 0.6 is 0 Å². The lowest BCUT2D eigenvalue weighted by Crippen LogP contribution is -2.50. The third-order valence-corrected chi connectivity index (χ3v) is 8.85. The summed E-state index contributed by atoms with van der Waals surface area (Å²) in [5.41, 5.74) is 1.97. The number of rotatable bonds is 9. The van der Waals surface area contributed by atoms with Crippen LogP contribution in [0.25, 0.3) is 12.2 Å². The number of aliphatic hydroxyl groups is 1. The van der Waals surface area contributed by atoms with E-state index in [2.05, 4.69) is 4.98 Å². The van der Waals surface area contributed by atoms with E-state index in [0.717, 1.165) is 5.56 Å². The van der Waals surface area contributed by atoms with Crippen molar-refractivity contribution in [1.82, 2.24) is 14.2 Å². The maximum Gasteiger partial charge on any atom is 0.259 e. The molecule has 2 heterocycles. The van der Waals surface area contributed by atoms with Crippen LogP contribution in [0.1, 0.15) is 35.3 Å². The first kappa shape index (κ1) is 29.3. The first-order valence-corrected chi connectivity index (χ1v) is 14.5. The molecular formula is C30H35N3O6S. The molecule has 0 saturated heterocycles. The van der Waals surface area contributed by atoms with Gasteiger partial charge in [0.15, 0.2) is 0 Å². The van der Waals surface area contributed by atoms with E-state index < -0.39 is 22.2 Å². The second kappa shape index (κ2) is 12.6. The van der Waals surface area contributed by atoms with Gasteiger partial charge in [0.25, 0.3) is 5.91 Å². The van der Waals surface area contributed by atoms with Gasteiger partial charge in [0.05, 0.1) is 31.2 Å². The zero-order chi connectivity index (χ0) is 28.9. The predicted octanol–water partition coefficient (Wildman–Crippen LogP) is 3.80. The van der Waals surface area contributed by atoms with Crippen molar-refractivity contribution in [2.75, 3.05) is 33.9 Å². The Morgan fingerprint density at radius 1 is 1.15 bits per heavy atom. The number of aliphatic hydroxyl groups excluding tert-OH is 1. The highest BCUT2D eigenvalue weighted by Crippen LogP contribution is 2.29. The number of nitrogens with zero attached hydrogens (tertiary/aromatic N) is 3. The van der Waals surface area contributed by atoms with Gasteiger partial charge in [-0.05, 0) is 48.4 Å². The summed E-state index contributed by atoms with van der Waals surface area (Å²) in [5.74, 6) is 0.119. The molecule has 0 radical (unpaired) electrons. The Morgan fingerprint density at radius 2 is 1.82 bits per heavy atom. The van der Waals surface area contributed by atoms with E-state index in [1.165, 1.54) is 30.6 Å². The van der Waals surface area contributed by atoms with Crippen molar-refractivity contribution >= 4 is 28.1 Å². The number of aromatic nitrogens is 1. The van der Waals surface area contributed by atoms with Gasteiger partial charge in [-0.1, -0.05) is 49.4 Å². The highest BCUT2D eigenvalue weighted by atomic mass is 32.2. The quantitative estimate of drug-likeness (QED) is 0.420. The predicted molar refractivity (Wildman–Crippen MR) is 154 cm³/mol. The van der Waals surface area contributed by atoms with E-state index in [1.54, 1.807) is 36.2 Å². The maximum atomic E-state index is 13.6. The Balaban J connectivity index is 1.65. The molecule has 40 heavy (non-hydrogen) atoms. The Kier molecular flexibility index (Phi) is 9.24. The highest BCUT2D eigenvalue weighted by molar-refractivity contribution is 7.89. The lowest BCUT2D eigenvalue weighted by atomic mass is 10.00. The normalized spacial score (nSPS) is 18.6. The number of amides is 1. The van der Waals surface area contributed by atoms with Crippen LogP contribution in [0.15, 0.2) is 71.8 Å². The number of benzene rings is 2. The number of hydrogen-bond donors (Lipinski definition) is 1. The molecule has 212 valence electrons. The monoisotopic (exact) mass is 565 g/mol. The Bertz CT molecular complexity index is 1440. The second-order valence-electron chi connectivity index (χ2n) is 9.95. The molecule has 0 saturated carbocycles. The third kappa shape index (κ3) is 6.52. The molecule has 0 bridgehead atoms. The molecule has 1 aliphatic heterocycles. The van der Waals surface area contributed by atoms with Gasteiger partial charge in [-0.15, -0.1) is 0 Å². The molecule has 0 unspecified atom stereocenters. The van der Waals surface area contributed by atoms with Gasteiger partial charge in [-0.25, -0.2) is 13.4 Å². The number of pyridine rings is 1. The average Bonchev–Trinajstić information content (AvgIpc) is 2.98. The van der Waals surface area contributed by atoms with Gasteiger partial charge >= 0.3 is 0 Å². The van der Waals surface area contributed by atoms with E-state index in [1.807, 2.05) is 49.4 Å². The standard InChI is InChI=1S/C30H35N3O6S/c1-21-18-33(22(2)20-34)30(35)27-16-24(11-10-23-8-6-5-7-9-23)17-31-29(27)39-28(21)19-32(3)40(36,37)26-14-12-25(38-4)13-15-26/h5-17,21-22,28,34H,18-20H2,1-4H3/t21-,22-,28-/m1/s1. The van der Waals surface area contributed by atoms with Crippen molar-refractivity contribution in [3.8, 4) is 11.6 Å². The molecule has 0 aliphatic carbocycles. The topological polar surface area (TPSA) is 109 Å². The fraction of sp³-hybridized carbons (Fsp3) is 0.333. The fourth-order valence-electron chi connectivity index (χ4n) is 4.46. The summed E-state index contributed by atoms with van der Waals surface area (Å²) in [7, 11) is -0.807. The number of carbonyl (C=O) groups is 1. The zero-order valence-corrected chi connectivity index (χ0v) is 23.9. The Morgan fingerprint density at radius 3 is 2.48 bits per heavy atom. The smallest absolute Gasteiger partial charge is 0.259 e. The summed E-state index contributed by atoms with van der Waals surface area (Å²) >= 11 is 0. The highest BCUT2D eigenvalue weighted by Gasteiger charge is 2.35. The first-order chi connectivity index (χ1) is 19.1. The SMILES string of the molecule is COc1ccc(S(=O)(=O)N(C)C[C@H]2Oc3ncc(C=Cc4ccccc4)cc3C(=O)N([C@H](C)CO)C[C@H]2C)cc1. The van der Waals surface area contributed by atoms with Crippen molar-refractivity contribution in [2.45, 2.75) is 30.9 Å². The van der Waals surface area contributed by atoms with Crippen LogP contribution in [-0.2, 0) is 10.0 Å². The zero-order valence-electron chi connectivity index (χ0n) is 23.1. The van der Waals surface area contributed by atoms with Crippen LogP contribution in [0.3, 0.4) is 0 Å². The molecule has 1 amide bonds. The lowest BCUT2D eigenvalue weighted by molar-refractivity contribution is 0.0373. The molecule has 1 aliphatic rings. The molecule has 2 aromatic carbocycles. The van der Waals surface area contributed by atoms with Crippen LogP contribution in [0.4, 0.5) is 0 Å². The van der Waals surface area contributed by atoms with E-state index in [-0.39, 0.29) is 47.9 Å². The van der Waals surface area contributed by atoms with Crippen LogP contribution in [0.5, 0.6) is 11.6 Å². The summed E-state index contributed by atoms with van der Waals surface area (Å²) in [6, 6.07) is 17.2. The summed E-state index contributed by atoms with van der Waals surface area (Å²) in [5, 5.41) is 9.90. The molecule has 3 aromatic rings. The number of fused-ring (bicyclic) bond motifs is 1. The number of likely N-dealkylation sites (N-methyl/N-ethyl adjacent to an activating group) is 1. The van der Waals surface area contributed by atoms with E-state index in [4.69, 9.17) is 9.47 Å². The molecule has 9 nitrogen and oxygen atoms in total. The van der Waals surface area contributed by atoms with E-state index in [9.17, 15) is 18.3 Å². The Labute approximate surface area is 235 Å². The maximum absolute atomic E-state index is 13.6. The summed E-state index contributed by atoms with van der Waals surface area (Å²) < 4.78 is 39.3. The number of hydrogen-bond acceptors (Lipinski definition) is 7. The van der Waals surface area contributed by atoms with E-state index in [0.29, 0.717) is 11.3 Å². The minimum atomic E-state index is -3.82. The molecule has 0 fully saturated rings. The molecule has 4 rings (SSSR count). The number of methoxy groups -OCH3 is 1. The van der Waals surface area contributed by atoms with Gasteiger partial charge in [-0.2, -0.15) is 4.31 Å². The van der Waals surface area contributed by atoms with Crippen molar-refractivity contribution in [1.29, 1.82) is 0 Å². The molecule has 1 aromatic heterocycles. The van der Waals surface area contributed by atoms with Gasteiger partial charge < -0.3 is 19.5 Å². The number of sulfonamides is 1. The van der Waals surface area contributed by atoms with Crippen LogP contribution < -0.4 is 9.47 Å². The van der Waals surface area contributed by atoms with Gasteiger partial charge in [-0.3, -0.25) is 4.79 Å². The first-order valence-electron chi connectivity index (χ1n) is 13.1. The van der Waals surface area contributed by atoms with Crippen molar-refractivity contribution in [3.05, 3.63) is 83.6 Å². The molecule has 1 N–H and O–H groups in total. The second-order valence-corrected chi connectivity index (χ2v) is 12.0. The van der Waals surface area contributed by atoms with Crippen LogP contribution in [0, 0.1) is 5.92 Å². The summed E-state index contributed by atoms with van der Waals surface area (Å²) in [6.45, 7) is 3.75. The molecule has 3 atom stereocenters. The number of carbonyl (C=O) groups excluding carboxylic acids is 1. The minimum Gasteiger partial charge on any atom is -0.497 e. The lowest BCUT2D eigenvalue weighted by Gasteiger charge is -2.37. The van der Waals surface area contributed by atoms with Crippen molar-refractivity contribution in [2.24, 2.45) is 5.92 Å². The fourth-order valence-corrected chi connectivity index (χ4v) is 5.65. The number of ether oxygens (including phenoxy) is 2. The van der Waals surface area contributed by atoms with Gasteiger partial charge in [0, 0.05) is 25.7 Å². The molecule has 10 heteroatoms.